The van der Waals surface area contributed by atoms with Crippen molar-refractivity contribution in [2.24, 2.45) is 0 Å². The SMILES string of the molecule is CCOC(=O)c1c(NC(=O)C(C#N)=Cc2ccc(-c3cc(Cl)ccc3Cl)o2)sc(C)c1C. The number of hydrogen-bond acceptors (Lipinski definition) is 6. The molecular weight excluding hydrogens is 471 g/mol. The van der Waals surface area contributed by atoms with Crippen molar-refractivity contribution in [3.8, 4) is 17.4 Å². The third-order valence-corrected chi connectivity index (χ3v) is 6.25. The Balaban J connectivity index is 1.87. The van der Waals surface area contributed by atoms with Crippen LogP contribution in [0.5, 0.6) is 0 Å². The van der Waals surface area contributed by atoms with Crippen LogP contribution in [0.4, 0.5) is 5.00 Å². The van der Waals surface area contributed by atoms with E-state index in [-0.39, 0.29) is 23.5 Å². The maximum absolute atomic E-state index is 12.7. The summed E-state index contributed by atoms with van der Waals surface area (Å²) in [5.41, 5.74) is 1.41. The molecule has 0 radical (unpaired) electrons. The van der Waals surface area contributed by atoms with Crippen molar-refractivity contribution < 1.29 is 18.7 Å². The Labute approximate surface area is 199 Å². The highest BCUT2D eigenvalue weighted by Gasteiger charge is 2.23. The molecule has 32 heavy (non-hydrogen) atoms. The molecule has 0 bridgehead atoms. The van der Waals surface area contributed by atoms with Gasteiger partial charge in [-0.2, -0.15) is 5.26 Å². The molecule has 0 spiro atoms. The second-order valence-electron chi connectivity index (χ2n) is 6.66. The van der Waals surface area contributed by atoms with E-state index in [0.717, 1.165) is 10.4 Å². The number of anilines is 1. The molecule has 0 fully saturated rings. The molecule has 6 nitrogen and oxygen atoms in total. The van der Waals surface area contributed by atoms with Crippen LogP contribution in [0.15, 0.2) is 40.3 Å². The van der Waals surface area contributed by atoms with Crippen LogP contribution in [0, 0.1) is 25.2 Å². The van der Waals surface area contributed by atoms with Crippen molar-refractivity contribution in [2.45, 2.75) is 20.8 Å². The van der Waals surface area contributed by atoms with E-state index in [1.807, 2.05) is 13.0 Å². The molecule has 0 aliphatic carbocycles. The Morgan fingerprint density at radius 2 is 2.00 bits per heavy atom. The Kier molecular flexibility index (Phi) is 7.41. The van der Waals surface area contributed by atoms with Gasteiger partial charge in [0.25, 0.3) is 5.91 Å². The zero-order valence-electron chi connectivity index (χ0n) is 17.4. The van der Waals surface area contributed by atoms with E-state index >= 15 is 0 Å². The molecule has 0 saturated heterocycles. The van der Waals surface area contributed by atoms with E-state index in [4.69, 9.17) is 32.4 Å². The van der Waals surface area contributed by atoms with E-state index in [1.165, 1.54) is 17.4 Å². The zero-order chi connectivity index (χ0) is 23.4. The molecule has 0 atom stereocenters. The van der Waals surface area contributed by atoms with Crippen LogP contribution >= 0.6 is 34.5 Å². The van der Waals surface area contributed by atoms with Crippen molar-refractivity contribution >= 4 is 57.5 Å². The van der Waals surface area contributed by atoms with Gasteiger partial charge in [0.15, 0.2) is 0 Å². The van der Waals surface area contributed by atoms with Crippen LogP contribution < -0.4 is 5.32 Å². The summed E-state index contributed by atoms with van der Waals surface area (Å²) in [6.07, 6.45) is 1.31. The zero-order valence-corrected chi connectivity index (χ0v) is 19.7. The highest BCUT2D eigenvalue weighted by atomic mass is 35.5. The van der Waals surface area contributed by atoms with Gasteiger partial charge in [-0.05, 0) is 56.7 Å². The lowest BCUT2D eigenvalue weighted by Crippen LogP contribution is -2.16. The maximum Gasteiger partial charge on any atom is 0.341 e. The van der Waals surface area contributed by atoms with Crippen molar-refractivity contribution in [3.63, 3.8) is 0 Å². The van der Waals surface area contributed by atoms with Crippen molar-refractivity contribution in [3.05, 3.63) is 67.7 Å². The van der Waals surface area contributed by atoms with Gasteiger partial charge in [-0.25, -0.2) is 4.79 Å². The van der Waals surface area contributed by atoms with Gasteiger partial charge in [0.1, 0.15) is 28.2 Å². The number of aryl methyl sites for hydroxylation is 1. The van der Waals surface area contributed by atoms with Gasteiger partial charge in [-0.3, -0.25) is 4.79 Å². The number of carbonyl (C=O) groups is 2. The minimum atomic E-state index is -0.668. The lowest BCUT2D eigenvalue weighted by atomic mass is 10.1. The Bertz CT molecular complexity index is 1270. The summed E-state index contributed by atoms with van der Waals surface area (Å²) in [5, 5.41) is 13.4. The van der Waals surface area contributed by atoms with Gasteiger partial charge in [0.2, 0.25) is 0 Å². The molecule has 0 aliphatic heterocycles. The summed E-state index contributed by atoms with van der Waals surface area (Å²) in [4.78, 5) is 25.9. The monoisotopic (exact) mass is 488 g/mol. The van der Waals surface area contributed by atoms with Crippen molar-refractivity contribution in [1.82, 2.24) is 0 Å². The van der Waals surface area contributed by atoms with Crippen LogP contribution in [0.3, 0.4) is 0 Å². The second-order valence-corrected chi connectivity index (χ2v) is 8.73. The van der Waals surface area contributed by atoms with Gasteiger partial charge >= 0.3 is 5.97 Å². The van der Waals surface area contributed by atoms with Crippen LogP contribution in [-0.4, -0.2) is 18.5 Å². The summed E-state index contributed by atoms with van der Waals surface area (Å²) in [7, 11) is 0. The average molecular weight is 489 g/mol. The van der Waals surface area contributed by atoms with Crippen LogP contribution in [-0.2, 0) is 9.53 Å². The van der Waals surface area contributed by atoms with Gasteiger partial charge in [0, 0.05) is 21.5 Å². The number of rotatable bonds is 6. The predicted octanol–water partition coefficient (Wildman–Crippen LogP) is 6.65. The fraction of sp³-hybridized carbons (Fsp3) is 0.174. The van der Waals surface area contributed by atoms with Gasteiger partial charge in [-0.15, -0.1) is 11.3 Å². The number of thiophene rings is 1. The lowest BCUT2D eigenvalue weighted by molar-refractivity contribution is -0.112. The van der Waals surface area contributed by atoms with E-state index in [1.54, 1.807) is 44.2 Å². The van der Waals surface area contributed by atoms with Crippen molar-refractivity contribution in [2.75, 3.05) is 11.9 Å². The predicted molar refractivity (Wildman–Crippen MR) is 126 cm³/mol. The first-order chi connectivity index (χ1) is 15.2. The van der Waals surface area contributed by atoms with Crippen LogP contribution in [0.25, 0.3) is 17.4 Å². The smallest absolute Gasteiger partial charge is 0.341 e. The first-order valence-electron chi connectivity index (χ1n) is 9.50. The molecule has 0 unspecified atom stereocenters. The molecule has 1 amide bonds. The topological polar surface area (TPSA) is 92.3 Å². The number of carbonyl (C=O) groups excluding carboxylic acids is 2. The first kappa shape index (κ1) is 23.6. The molecule has 3 aromatic rings. The molecule has 2 heterocycles. The summed E-state index contributed by atoms with van der Waals surface area (Å²) < 4.78 is 10.8. The number of hydrogen-bond donors (Lipinski definition) is 1. The molecule has 0 aliphatic rings. The summed E-state index contributed by atoms with van der Waals surface area (Å²) in [6.45, 7) is 5.53. The Morgan fingerprint density at radius 3 is 2.69 bits per heavy atom. The van der Waals surface area contributed by atoms with E-state index in [0.29, 0.717) is 26.4 Å². The minimum absolute atomic E-state index is 0.193. The number of nitrogens with one attached hydrogen (secondary N) is 1. The number of halogens is 2. The van der Waals surface area contributed by atoms with Crippen molar-refractivity contribution in [1.29, 1.82) is 5.26 Å². The summed E-state index contributed by atoms with van der Waals surface area (Å²) in [6, 6.07) is 10.1. The molecule has 3 rings (SSSR count). The number of furan rings is 1. The Morgan fingerprint density at radius 1 is 1.25 bits per heavy atom. The Hall–Kier alpha value is -3.05. The molecule has 2 aromatic heterocycles. The molecule has 164 valence electrons. The summed E-state index contributed by atoms with van der Waals surface area (Å²) in [5.74, 6) is -0.471. The number of nitriles is 1. The van der Waals surface area contributed by atoms with Gasteiger partial charge in [-0.1, -0.05) is 23.2 Å². The molecular formula is C23H18Cl2N2O4S. The normalized spacial score (nSPS) is 11.2. The van der Waals surface area contributed by atoms with E-state index < -0.39 is 11.9 Å². The van der Waals surface area contributed by atoms with Crippen LogP contribution in [0.2, 0.25) is 10.0 Å². The number of ether oxygens (including phenoxy) is 1. The molecule has 1 N–H and O–H groups in total. The first-order valence-corrected chi connectivity index (χ1v) is 11.1. The highest BCUT2D eigenvalue weighted by Crippen LogP contribution is 2.34. The quantitative estimate of drug-likeness (QED) is 0.238. The maximum atomic E-state index is 12.7. The average Bonchev–Trinajstić information content (AvgIpc) is 3.32. The molecule has 0 saturated carbocycles. The van der Waals surface area contributed by atoms with E-state index in [9.17, 15) is 14.9 Å². The number of nitrogens with zero attached hydrogens (tertiary/aromatic N) is 1. The number of benzene rings is 1. The highest BCUT2D eigenvalue weighted by molar-refractivity contribution is 7.16. The van der Waals surface area contributed by atoms with Gasteiger partial charge in [0.05, 0.1) is 17.2 Å². The second kappa shape index (κ2) is 10.0. The fourth-order valence-corrected chi connectivity index (χ4v) is 4.31. The lowest BCUT2D eigenvalue weighted by Gasteiger charge is -2.06. The summed E-state index contributed by atoms with van der Waals surface area (Å²) >= 11 is 13.5. The third kappa shape index (κ3) is 5.05. The van der Waals surface area contributed by atoms with Crippen LogP contribution in [0.1, 0.15) is 33.5 Å². The van der Waals surface area contributed by atoms with Gasteiger partial charge < -0.3 is 14.5 Å². The number of esters is 1. The molecule has 9 heteroatoms. The largest absolute Gasteiger partial charge is 0.462 e. The third-order valence-electron chi connectivity index (χ3n) is 4.56. The minimum Gasteiger partial charge on any atom is -0.462 e. The van der Waals surface area contributed by atoms with E-state index in [2.05, 4.69) is 5.32 Å². The molecule has 1 aromatic carbocycles. The fourth-order valence-electron chi connectivity index (χ4n) is 2.89. The standard InChI is InChI=1S/C23H18Cl2N2O4S/c1-4-30-23(29)20-12(2)13(3)32-22(20)27-21(28)14(11-26)9-16-6-8-19(31-16)17-10-15(24)5-7-18(17)25/h5-10H,4H2,1-3H3,(H,27,28). The number of amides is 1.